The molecule has 2 rings (SSSR count). The highest BCUT2D eigenvalue weighted by molar-refractivity contribution is 14.0. The summed E-state index contributed by atoms with van der Waals surface area (Å²) < 4.78 is 5.74. The van der Waals surface area contributed by atoms with Gasteiger partial charge in [-0.2, -0.15) is 0 Å². The Balaban J connectivity index is 0.00000264. The highest BCUT2D eigenvalue weighted by Crippen LogP contribution is 2.18. The van der Waals surface area contributed by atoms with Gasteiger partial charge in [-0.3, -0.25) is 4.99 Å². The van der Waals surface area contributed by atoms with E-state index in [9.17, 15) is 0 Å². The Morgan fingerprint density at radius 3 is 2.65 bits per heavy atom. The van der Waals surface area contributed by atoms with Gasteiger partial charge in [0.15, 0.2) is 0 Å². The van der Waals surface area contributed by atoms with Gasteiger partial charge in [-0.25, -0.2) is 0 Å². The van der Waals surface area contributed by atoms with Crippen molar-refractivity contribution < 1.29 is 4.74 Å². The molecule has 1 atom stereocenters. The molecule has 0 aliphatic carbocycles. The van der Waals surface area contributed by atoms with Gasteiger partial charge in [0, 0.05) is 10.7 Å². The van der Waals surface area contributed by atoms with Crippen LogP contribution < -0.4 is 15.8 Å². The number of anilines is 1. The van der Waals surface area contributed by atoms with Crippen molar-refractivity contribution in [3.05, 3.63) is 59.6 Å². The molecule has 23 heavy (non-hydrogen) atoms. The van der Waals surface area contributed by atoms with Crippen LogP contribution in [-0.4, -0.2) is 25.0 Å². The zero-order chi connectivity index (χ0) is 15.8. The fraction of sp³-hybridized carbons (Fsp3) is 0.235. The van der Waals surface area contributed by atoms with E-state index in [1.54, 1.807) is 6.07 Å². The molecule has 6 heteroatoms. The number of ether oxygens (including phenoxy) is 1. The van der Waals surface area contributed by atoms with E-state index in [-0.39, 0.29) is 30.1 Å². The lowest BCUT2D eigenvalue weighted by atomic mass is 10.3. The van der Waals surface area contributed by atoms with Crippen molar-refractivity contribution in [1.82, 2.24) is 0 Å². The van der Waals surface area contributed by atoms with Gasteiger partial charge in [0.25, 0.3) is 0 Å². The second-order valence-corrected chi connectivity index (χ2v) is 5.37. The zero-order valence-corrected chi connectivity index (χ0v) is 16.0. The monoisotopic (exact) mass is 445 g/mol. The van der Waals surface area contributed by atoms with Gasteiger partial charge in [-0.15, -0.1) is 24.0 Å². The maximum Gasteiger partial charge on any atom is 0.121 e. The number of nitrogens with two attached hydrogens (primary N) is 1. The Morgan fingerprint density at radius 2 is 1.96 bits per heavy atom. The van der Waals surface area contributed by atoms with Gasteiger partial charge in [0.1, 0.15) is 17.7 Å². The van der Waals surface area contributed by atoms with Crippen LogP contribution in [0.5, 0.6) is 5.75 Å². The molecule has 124 valence electrons. The number of nitrogens with one attached hydrogen (secondary N) is 1. The molecule has 3 N–H and O–H groups in total. The molecule has 0 spiro atoms. The van der Waals surface area contributed by atoms with Crippen LogP contribution in [0.3, 0.4) is 0 Å². The van der Waals surface area contributed by atoms with E-state index >= 15 is 0 Å². The van der Waals surface area contributed by atoms with Crippen molar-refractivity contribution >= 4 is 47.1 Å². The third kappa shape index (κ3) is 7.56. The number of aliphatic imine (C=N–C) groups is 1. The molecule has 2 aromatic carbocycles. The number of para-hydroxylation sites is 1. The molecule has 0 amide bonds. The number of hydrogen-bond acceptors (Lipinski definition) is 3. The van der Waals surface area contributed by atoms with E-state index in [1.807, 2.05) is 55.5 Å². The molecule has 2 aromatic rings. The number of hydrogen-bond donors (Lipinski definition) is 2. The Hall–Kier alpha value is -1.47. The van der Waals surface area contributed by atoms with E-state index in [0.29, 0.717) is 23.9 Å². The summed E-state index contributed by atoms with van der Waals surface area (Å²) in [6.07, 6.45) is -0.0752. The van der Waals surface area contributed by atoms with Crippen molar-refractivity contribution in [1.29, 1.82) is 0 Å². The lowest BCUT2D eigenvalue weighted by Gasteiger charge is -2.13. The highest BCUT2D eigenvalue weighted by atomic mass is 127. The van der Waals surface area contributed by atoms with Crippen molar-refractivity contribution in [2.45, 2.75) is 13.0 Å². The second kappa shape index (κ2) is 10.3. The van der Waals surface area contributed by atoms with E-state index in [2.05, 4.69) is 10.3 Å². The average Bonchev–Trinajstić information content (AvgIpc) is 2.52. The standard InChI is InChI=1S/C17H20ClN3O.HI/c1-13(22-16-9-5-6-14(18)10-16)11-21-17(19)12-20-15-7-3-2-4-8-15;/h2-10,13,20H,11-12H2,1H3,(H2,19,21);1H. The smallest absolute Gasteiger partial charge is 0.121 e. The fourth-order valence-corrected chi connectivity index (χ4v) is 2.04. The summed E-state index contributed by atoms with van der Waals surface area (Å²) >= 11 is 5.92. The first-order chi connectivity index (χ1) is 10.6. The Bertz CT molecular complexity index is 622. The van der Waals surface area contributed by atoms with E-state index in [0.717, 1.165) is 11.4 Å². The van der Waals surface area contributed by atoms with Gasteiger partial charge in [0.05, 0.1) is 13.1 Å². The predicted octanol–water partition coefficient (Wildman–Crippen LogP) is 4.19. The van der Waals surface area contributed by atoms with Gasteiger partial charge < -0.3 is 15.8 Å². The second-order valence-electron chi connectivity index (χ2n) is 4.94. The number of amidine groups is 1. The van der Waals surface area contributed by atoms with Gasteiger partial charge in [-0.1, -0.05) is 35.9 Å². The normalized spacial score (nSPS) is 12.2. The molecule has 0 radical (unpaired) electrons. The molecule has 0 fully saturated rings. The summed E-state index contributed by atoms with van der Waals surface area (Å²) in [6, 6.07) is 17.2. The summed E-state index contributed by atoms with van der Waals surface area (Å²) in [7, 11) is 0. The summed E-state index contributed by atoms with van der Waals surface area (Å²) in [5, 5.41) is 3.86. The summed E-state index contributed by atoms with van der Waals surface area (Å²) in [6.45, 7) is 2.95. The van der Waals surface area contributed by atoms with Crippen molar-refractivity contribution in [3.63, 3.8) is 0 Å². The van der Waals surface area contributed by atoms with Gasteiger partial charge >= 0.3 is 0 Å². The topological polar surface area (TPSA) is 59.6 Å². The fourth-order valence-electron chi connectivity index (χ4n) is 1.86. The lowest BCUT2D eigenvalue weighted by Crippen LogP contribution is -2.25. The molecule has 0 aromatic heterocycles. The molecule has 0 saturated heterocycles. The predicted molar refractivity (Wildman–Crippen MR) is 108 cm³/mol. The Labute approximate surface area is 159 Å². The molecular formula is C17H21ClIN3O. The molecule has 0 bridgehead atoms. The minimum Gasteiger partial charge on any atom is -0.489 e. The van der Waals surface area contributed by atoms with Crippen molar-refractivity contribution in [3.8, 4) is 5.75 Å². The van der Waals surface area contributed by atoms with E-state index < -0.39 is 0 Å². The molecule has 0 aliphatic heterocycles. The largest absolute Gasteiger partial charge is 0.489 e. The minimum absolute atomic E-state index is 0. The minimum atomic E-state index is -0.0752. The lowest BCUT2D eigenvalue weighted by molar-refractivity contribution is 0.230. The van der Waals surface area contributed by atoms with Crippen LogP contribution in [0.25, 0.3) is 0 Å². The molecule has 1 unspecified atom stereocenters. The SMILES string of the molecule is CC(CN=C(N)CNc1ccccc1)Oc1cccc(Cl)c1.I. The molecule has 0 saturated carbocycles. The van der Waals surface area contributed by atoms with Crippen molar-refractivity contribution in [2.75, 3.05) is 18.4 Å². The van der Waals surface area contributed by atoms with Crippen LogP contribution in [-0.2, 0) is 0 Å². The highest BCUT2D eigenvalue weighted by Gasteiger charge is 2.04. The van der Waals surface area contributed by atoms with Crippen LogP contribution in [0.1, 0.15) is 6.92 Å². The van der Waals surface area contributed by atoms with Gasteiger partial charge in [-0.05, 0) is 37.3 Å². The van der Waals surface area contributed by atoms with Crippen LogP contribution >= 0.6 is 35.6 Å². The van der Waals surface area contributed by atoms with Crippen LogP contribution in [0.15, 0.2) is 59.6 Å². The first-order valence-electron chi connectivity index (χ1n) is 7.13. The Kier molecular flexibility index (Phi) is 8.79. The van der Waals surface area contributed by atoms with Crippen molar-refractivity contribution in [2.24, 2.45) is 10.7 Å². The maximum absolute atomic E-state index is 5.92. The summed E-state index contributed by atoms with van der Waals surface area (Å²) in [4.78, 5) is 4.33. The van der Waals surface area contributed by atoms with E-state index in [4.69, 9.17) is 22.1 Å². The Morgan fingerprint density at radius 1 is 1.22 bits per heavy atom. The van der Waals surface area contributed by atoms with Crippen LogP contribution in [0.4, 0.5) is 5.69 Å². The third-order valence-corrected chi connectivity index (χ3v) is 3.17. The molecule has 4 nitrogen and oxygen atoms in total. The number of nitrogens with zero attached hydrogens (tertiary/aromatic N) is 1. The summed E-state index contributed by atoms with van der Waals surface area (Å²) in [5.41, 5.74) is 6.92. The number of benzene rings is 2. The molecular weight excluding hydrogens is 425 g/mol. The van der Waals surface area contributed by atoms with Crippen LogP contribution in [0, 0.1) is 0 Å². The average molecular weight is 446 g/mol. The first kappa shape index (κ1) is 19.6. The number of rotatable bonds is 7. The third-order valence-electron chi connectivity index (χ3n) is 2.93. The molecule has 0 aliphatic rings. The summed E-state index contributed by atoms with van der Waals surface area (Å²) in [5.74, 6) is 1.28. The maximum atomic E-state index is 5.92. The molecule has 0 heterocycles. The quantitative estimate of drug-likeness (QED) is 0.382. The van der Waals surface area contributed by atoms with E-state index in [1.165, 1.54) is 0 Å². The van der Waals surface area contributed by atoms with Gasteiger partial charge in [0.2, 0.25) is 0 Å². The van der Waals surface area contributed by atoms with Crippen LogP contribution in [0.2, 0.25) is 5.02 Å². The number of halogens is 2. The zero-order valence-electron chi connectivity index (χ0n) is 12.9. The first-order valence-corrected chi connectivity index (χ1v) is 7.51.